The van der Waals surface area contributed by atoms with Gasteiger partial charge in [0.25, 0.3) is 0 Å². The van der Waals surface area contributed by atoms with Gasteiger partial charge in [-0.1, -0.05) is 38.5 Å². The molecule has 0 aliphatic carbocycles. The molecule has 45 nitrogen and oxygen atoms in total. The third-order valence-electron chi connectivity index (χ3n) is 20.9. The zero-order valence-corrected chi connectivity index (χ0v) is 73.4. The van der Waals surface area contributed by atoms with Gasteiger partial charge in [-0.15, -0.1) is 0 Å². The number of phosphoric acid groups is 1. The average molecular weight is 1820 g/mol. The van der Waals surface area contributed by atoms with E-state index in [2.05, 4.69) is 57.7 Å². The molecule has 4 aliphatic heterocycles. The smallest absolute Gasteiger partial charge is 0.394 e. The standard InChI is InChI=1S/C79H142N11O34P/c1-51(94)86-67-73(109)70(106)56(44-91)122-76(67)118-36-16-13-22-59(98)80-30-19-33-83-62(101)27-39-115-48-79(89-65(104)25-11-9-7-5-6-8-10-12-26-66(105)90-43-55(97)42-54(90)47-121-125(112,113)114-4,49-116-40-28-63(102)84-34-20-31-81-60(99)23-14-17-37-119-77-68(87-52(2)95)74(110)71(107)57(45-92)123-77)50-117-41-29-64(103)85-35-21-32-82-61(100)24-15-18-38-120-78-69(88-53(3)96)75(111)72(108)58(46-93)124-78/h54-58,67-78,91-93,97,106-111H,5-50H2,1-4H3,(H,80,98)(H,81,99)(H,82,100)(H,83,101)(H,84,102)(H,85,103)(H,86,94)(H,87,95)(H,88,96)(H,89,104)(H,112,113)/t54-,55?,56?,57?,58?,67?,68?,69?,70?,71?,72?,73?,74?,75?,76?,77?,78?,79?/m0/s1. The summed E-state index contributed by atoms with van der Waals surface area (Å²) in [4.78, 5) is 151. The van der Waals surface area contributed by atoms with Crippen LogP contribution in [-0.4, -0.2) is 374 Å². The molecule has 46 heteroatoms. The Hall–Kier alpha value is -6.48. The second-order valence-electron chi connectivity index (χ2n) is 31.5. The number of phosphoric ester groups is 1. The molecular formula is C79H142N11O34P. The number of β-amino-alcohol motifs (C(OH)–C–C–N with tert-alkyl or cyclic N) is 1. The number of unbranched alkanes of at least 4 members (excludes halogenated alkanes) is 10. The molecule has 0 saturated carbocycles. The Morgan fingerprint density at radius 2 is 0.688 bits per heavy atom. The number of carbonyl (C=O) groups is 11. The molecule has 18 atom stereocenters. The molecule has 0 aromatic heterocycles. The zero-order valence-electron chi connectivity index (χ0n) is 72.5. The Morgan fingerprint density at radius 3 is 1.00 bits per heavy atom. The fourth-order valence-electron chi connectivity index (χ4n) is 14.0. The summed E-state index contributed by atoms with van der Waals surface area (Å²) in [6.45, 7) is 1.84. The van der Waals surface area contributed by atoms with Crippen molar-refractivity contribution in [3.8, 4) is 0 Å². The Kier molecular flexibility index (Phi) is 55.6. The van der Waals surface area contributed by atoms with Gasteiger partial charge in [0.15, 0.2) is 18.9 Å². The molecule has 4 rings (SSSR count). The van der Waals surface area contributed by atoms with Crippen molar-refractivity contribution in [2.75, 3.05) is 139 Å². The SMILES string of the molecule is COP(=O)(O)OC[C@@H]1CC(O)CN1C(=O)CCCCCCCCCCC(=O)NC(COCCC(=O)NCCCNC(=O)CCCCOC1OC(CO)C(O)C(O)C1NC(C)=O)(COCCC(=O)NCCCNC(=O)CCCCOC1OC(CO)C(O)C(O)C1NC(C)=O)COCCC(=O)NCCCNC(=O)CCCCOC1OC(CO)C(O)C(O)C1NC(C)=O. The molecule has 722 valence electrons. The maximum atomic E-state index is 14.1. The number of hydrogen-bond donors (Lipinski definition) is 21. The molecule has 21 N–H and O–H groups in total. The number of carbonyl (C=O) groups excluding carboxylic acids is 11. The summed E-state index contributed by atoms with van der Waals surface area (Å²) in [7, 11) is -3.25. The van der Waals surface area contributed by atoms with Crippen molar-refractivity contribution < 1.29 is 165 Å². The monoisotopic (exact) mass is 1820 g/mol. The van der Waals surface area contributed by atoms with Crippen molar-refractivity contribution in [1.29, 1.82) is 0 Å². The quantitative estimate of drug-likeness (QED) is 0.0200. The van der Waals surface area contributed by atoms with E-state index in [1.807, 2.05) is 0 Å². The van der Waals surface area contributed by atoms with E-state index in [1.165, 1.54) is 25.7 Å². The lowest BCUT2D eigenvalue weighted by atomic mass is 9.97. The number of hydrogen-bond acceptors (Lipinski definition) is 33. The highest BCUT2D eigenvalue weighted by molar-refractivity contribution is 7.47. The zero-order chi connectivity index (χ0) is 92.1. The van der Waals surface area contributed by atoms with Gasteiger partial charge in [0.1, 0.15) is 78.6 Å². The molecule has 11 amide bonds. The number of rotatable bonds is 67. The topological polar surface area (TPSA) is 652 Å². The van der Waals surface area contributed by atoms with Gasteiger partial charge in [0, 0.05) is 145 Å². The van der Waals surface area contributed by atoms with Gasteiger partial charge in [-0.05, 0) is 77.0 Å². The van der Waals surface area contributed by atoms with E-state index in [0.717, 1.165) is 39.2 Å². The van der Waals surface area contributed by atoms with Crippen LogP contribution >= 0.6 is 7.82 Å². The first kappa shape index (κ1) is 111. The highest BCUT2D eigenvalue weighted by Crippen LogP contribution is 2.43. The number of nitrogens with one attached hydrogen (secondary N) is 10. The molecule has 0 radical (unpaired) electrons. The normalized spacial score (nSPS) is 25.2. The summed E-state index contributed by atoms with van der Waals surface area (Å²) < 4.78 is 73.5. The Bertz CT molecular complexity index is 2980. The van der Waals surface area contributed by atoms with Gasteiger partial charge in [0.2, 0.25) is 65.0 Å². The molecule has 0 spiro atoms. The lowest BCUT2D eigenvalue weighted by molar-refractivity contribution is -0.270. The van der Waals surface area contributed by atoms with Crippen molar-refractivity contribution in [1.82, 2.24) is 58.1 Å². The summed E-state index contributed by atoms with van der Waals surface area (Å²) in [6, 6.07) is -3.90. The molecule has 0 aromatic carbocycles. The molecule has 0 bridgehead atoms. The van der Waals surface area contributed by atoms with Crippen LogP contribution in [0.4, 0.5) is 0 Å². The van der Waals surface area contributed by atoms with Crippen LogP contribution < -0.4 is 53.2 Å². The summed E-state index contributed by atoms with van der Waals surface area (Å²) in [5.41, 5.74) is -1.46. The number of amides is 11. The van der Waals surface area contributed by atoms with E-state index >= 15 is 0 Å². The van der Waals surface area contributed by atoms with Crippen molar-refractivity contribution in [3.05, 3.63) is 0 Å². The maximum Gasteiger partial charge on any atom is 0.471 e. The van der Waals surface area contributed by atoms with Crippen LogP contribution in [0.15, 0.2) is 0 Å². The number of ether oxygens (including phenoxy) is 9. The van der Waals surface area contributed by atoms with Crippen LogP contribution in [0.2, 0.25) is 0 Å². The first-order valence-electron chi connectivity index (χ1n) is 43.4. The van der Waals surface area contributed by atoms with Crippen molar-refractivity contribution in [2.45, 2.75) is 297 Å². The fraction of sp³-hybridized carbons (Fsp3) is 0.861. The van der Waals surface area contributed by atoms with Crippen LogP contribution in [0, 0.1) is 0 Å². The average Bonchev–Trinajstić information content (AvgIpc) is 1.57. The van der Waals surface area contributed by atoms with E-state index in [1.54, 1.807) is 0 Å². The first-order chi connectivity index (χ1) is 59.8. The largest absolute Gasteiger partial charge is 0.471 e. The highest BCUT2D eigenvalue weighted by atomic mass is 31.2. The molecule has 125 heavy (non-hydrogen) atoms. The summed E-state index contributed by atoms with van der Waals surface area (Å²) in [6.07, 6.45) is -6.85. The van der Waals surface area contributed by atoms with E-state index in [-0.39, 0.29) is 193 Å². The van der Waals surface area contributed by atoms with Crippen LogP contribution in [0.25, 0.3) is 0 Å². The lowest BCUT2D eigenvalue weighted by Crippen LogP contribution is -2.64. The molecular weight excluding hydrogens is 1680 g/mol. The minimum atomic E-state index is -4.28. The highest BCUT2D eigenvalue weighted by Gasteiger charge is 2.48. The Balaban J connectivity index is 1.31. The van der Waals surface area contributed by atoms with Gasteiger partial charge >= 0.3 is 7.82 Å². The summed E-state index contributed by atoms with van der Waals surface area (Å²) in [5.74, 6) is -4.08. The van der Waals surface area contributed by atoms with Crippen LogP contribution in [-0.2, 0) is 109 Å². The van der Waals surface area contributed by atoms with Crippen molar-refractivity contribution in [2.24, 2.45) is 0 Å². The third-order valence-corrected chi connectivity index (χ3v) is 21.8. The van der Waals surface area contributed by atoms with Crippen LogP contribution in [0.1, 0.15) is 188 Å². The van der Waals surface area contributed by atoms with E-state index in [4.69, 9.17) is 47.2 Å². The lowest BCUT2D eigenvalue weighted by Gasteiger charge is -2.42. The summed E-state index contributed by atoms with van der Waals surface area (Å²) >= 11 is 0. The molecule has 4 saturated heterocycles. The van der Waals surface area contributed by atoms with Gasteiger partial charge in [0.05, 0.1) is 78.2 Å². The van der Waals surface area contributed by atoms with Gasteiger partial charge in [-0.2, -0.15) is 0 Å². The van der Waals surface area contributed by atoms with Crippen LogP contribution in [0.3, 0.4) is 0 Å². The first-order valence-corrected chi connectivity index (χ1v) is 44.9. The Labute approximate surface area is 729 Å². The van der Waals surface area contributed by atoms with Crippen molar-refractivity contribution in [3.63, 3.8) is 0 Å². The molecule has 0 aromatic rings. The number of aliphatic hydroxyl groups excluding tert-OH is 10. The van der Waals surface area contributed by atoms with Crippen LogP contribution in [0.5, 0.6) is 0 Å². The minimum Gasteiger partial charge on any atom is -0.394 e. The molecule has 4 fully saturated rings. The van der Waals surface area contributed by atoms with E-state index < -0.39 is 179 Å². The predicted molar refractivity (Wildman–Crippen MR) is 440 cm³/mol. The van der Waals surface area contributed by atoms with Gasteiger partial charge in [-0.3, -0.25) is 61.8 Å². The molecule has 17 unspecified atom stereocenters. The fourth-order valence-corrected chi connectivity index (χ4v) is 14.5. The second kappa shape index (κ2) is 62.7. The Morgan fingerprint density at radius 1 is 0.392 bits per heavy atom. The van der Waals surface area contributed by atoms with Gasteiger partial charge in [-0.25, -0.2) is 4.57 Å². The third kappa shape index (κ3) is 45.1. The van der Waals surface area contributed by atoms with Crippen molar-refractivity contribution >= 4 is 72.8 Å². The van der Waals surface area contributed by atoms with E-state index in [9.17, 15) is 113 Å². The summed E-state index contributed by atoms with van der Waals surface area (Å²) in [5, 5.41) is 129. The molecule has 4 aliphatic rings. The number of aliphatic hydroxyl groups is 10. The maximum absolute atomic E-state index is 14.1. The number of nitrogens with zero attached hydrogens (tertiary/aromatic N) is 1. The predicted octanol–water partition coefficient (Wildman–Crippen LogP) is -5.05. The van der Waals surface area contributed by atoms with Gasteiger partial charge < -0.3 is 157 Å². The second-order valence-corrected chi connectivity index (χ2v) is 33.1. The minimum absolute atomic E-state index is 0.0647. The number of likely N-dealkylation sites (tertiary alicyclic amines) is 1. The van der Waals surface area contributed by atoms with E-state index in [0.29, 0.717) is 77.0 Å². The molecule has 4 heterocycles.